The second kappa shape index (κ2) is 8.17. The smallest absolute Gasteiger partial charge is 0.243 e. The molecule has 5 heteroatoms. The first-order chi connectivity index (χ1) is 16.0. The van der Waals surface area contributed by atoms with Crippen molar-refractivity contribution in [1.29, 1.82) is 0 Å². The van der Waals surface area contributed by atoms with Gasteiger partial charge in [0.2, 0.25) is 17.7 Å². The average Bonchev–Trinajstić information content (AvgIpc) is 3.25. The second-order valence-electron chi connectivity index (χ2n) is 8.54. The van der Waals surface area contributed by atoms with Crippen LogP contribution in [-0.2, 0) is 26.3 Å². The van der Waals surface area contributed by atoms with E-state index in [2.05, 4.69) is 0 Å². The fourth-order valence-corrected chi connectivity index (χ4v) is 5.10. The third kappa shape index (κ3) is 3.37. The summed E-state index contributed by atoms with van der Waals surface area (Å²) in [6.45, 7) is 1.72. The predicted octanol–water partition coefficient (Wildman–Crippen LogP) is 4.33. The van der Waals surface area contributed by atoms with Crippen molar-refractivity contribution in [3.8, 4) is 0 Å². The molecule has 0 saturated carbocycles. The Bertz CT molecular complexity index is 1250. The van der Waals surface area contributed by atoms with Gasteiger partial charge in [-0.2, -0.15) is 0 Å². The zero-order valence-corrected chi connectivity index (χ0v) is 18.3. The highest BCUT2D eigenvalue weighted by molar-refractivity contribution is 6.14. The number of benzene rings is 3. The summed E-state index contributed by atoms with van der Waals surface area (Å²) >= 11 is 0. The second-order valence-corrected chi connectivity index (χ2v) is 8.54. The van der Waals surface area contributed by atoms with Crippen molar-refractivity contribution >= 4 is 29.5 Å². The molecule has 2 aliphatic heterocycles. The van der Waals surface area contributed by atoms with Crippen LogP contribution < -0.4 is 4.90 Å². The standard InChI is InChI=1S/C28H24N2O3/c1-20(31)30-24-15-9-8-14-23(24)28(25(30)17-16-21-10-4-2-5-11-21)18-26(32)29(27(28)33)19-22-12-6-3-7-13-22/h2-17,25H,18-19H2,1H3/b17-16+/t25-,28+/m1/s1. The Morgan fingerprint density at radius 1 is 0.939 bits per heavy atom. The van der Waals surface area contributed by atoms with E-state index in [1.807, 2.05) is 97.1 Å². The molecule has 0 aliphatic carbocycles. The molecular weight excluding hydrogens is 412 g/mol. The van der Waals surface area contributed by atoms with Gasteiger partial charge in [0.25, 0.3) is 0 Å². The maximum atomic E-state index is 14.0. The number of carbonyl (C=O) groups is 3. The Kier molecular flexibility index (Phi) is 5.17. The van der Waals surface area contributed by atoms with Crippen molar-refractivity contribution in [2.45, 2.75) is 31.3 Å². The maximum Gasteiger partial charge on any atom is 0.243 e. The van der Waals surface area contributed by atoms with Gasteiger partial charge in [0.1, 0.15) is 5.41 Å². The molecule has 2 heterocycles. The van der Waals surface area contributed by atoms with Crippen LogP contribution in [0.4, 0.5) is 5.69 Å². The summed E-state index contributed by atoms with van der Waals surface area (Å²) in [5.41, 5.74) is 2.14. The molecule has 164 valence electrons. The number of fused-ring (bicyclic) bond motifs is 2. The lowest BCUT2D eigenvalue weighted by molar-refractivity contribution is -0.140. The van der Waals surface area contributed by atoms with E-state index in [0.29, 0.717) is 5.69 Å². The van der Waals surface area contributed by atoms with Gasteiger partial charge in [-0.1, -0.05) is 91.0 Å². The number of amides is 3. The van der Waals surface area contributed by atoms with E-state index in [9.17, 15) is 14.4 Å². The fourth-order valence-electron chi connectivity index (χ4n) is 5.10. The predicted molar refractivity (Wildman–Crippen MR) is 127 cm³/mol. The molecule has 0 radical (unpaired) electrons. The summed E-state index contributed by atoms with van der Waals surface area (Å²) < 4.78 is 0. The Hall–Kier alpha value is -3.99. The van der Waals surface area contributed by atoms with Crippen molar-refractivity contribution in [3.05, 3.63) is 108 Å². The van der Waals surface area contributed by atoms with Gasteiger partial charge >= 0.3 is 0 Å². The summed E-state index contributed by atoms with van der Waals surface area (Å²) in [7, 11) is 0. The van der Waals surface area contributed by atoms with Gasteiger partial charge in [-0.25, -0.2) is 0 Å². The van der Waals surface area contributed by atoms with Gasteiger partial charge in [-0.05, 0) is 22.8 Å². The molecule has 2 aliphatic rings. The van der Waals surface area contributed by atoms with Crippen LogP contribution in [-0.4, -0.2) is 28.7 Å². The number of imide groups is 1. The first kappa shape index (κ1) is 20.9. The molecule has 1 saturated heterocycles. The summed E-state index contributed by atoms with van der Waals surface area (Å²) in [5.74, 6) is -0.638. The highest BCUT2D eigenvalue weighted by atomic mass is 16.2. The van der Waals surface area contributed by atoms with E-state index in [0.717, 1.165) is 16.7 Å². The number of hydrogen-bond donors (Lipinski definition) is 0. The Morgan fingerprint density at radius 3 is 2.27 bits per heavy atom. The van der Waals surface area contributed by atoms with E-state index in [-0.39, 0.29) is 30.7 Å². The molecule has 3 aromatic rings. The number of para-hydroxylation sites is 1. The molecule has 1 spiro atoms. The zero-order chi connectivity index (χ0) is 23.0. The van der Waals surface area contributed by atoms with Crippen molar-refractivity contribution in [1.82, 2.24) is 4.90 Å². The molecule has 5 nitrogen and oxygen atoms in total. The molecule has 1 fully saturated rings. The summed E-state index contributed by atoms with van der Waals surface area (Å²) in [5, 5.41) is 0. The third-order valence-electron chi connectivity index (χ3n) is 6.58. The van der Waals surface area contributed by atoms with Crippen LogP contribution in [0.2, 0.25) is 0 Å². The van der Waals surface area contributed by atoms with Crippen LogP contribution in [0.5, 0.6) is 0 Å². The molecule has 33 heavy (non-hydrogen) atoms. The third-order valence-corrected chi connectivity index (χ3v) is 6.58. The van der Waals surface area contributed by atoms with Crippen molar-refractivity contribution in [2.24, 2.45) is 0 Å². The fraction of sp³-hybridized carbons (Fsp3) is 0.179. The van der Waals surface area contributed by atoms with Crippen LogP contribution in [0.3, 0.4) is 0 Å². The van der Waals surface area contributed by atoms with Gasteiger partial charge in [0.05, 0.1) is 12.6 Å². The lowest BCUT2D eigenvalue weighted by Crippen LogP contribution is -2.50. The summed E-state index contributed by atoms with van der Waals surface area (Å²) in [4.78, 5) is 43.1. The molecule has 5 rings (SSSR count). The molecular formula is C28H24N2O3. The minimum absolute atomic E-state index is 0.0310. The van der Waals surface area contributed by atoms with Crippen molar-refractivity contribution < 1.29 is 14.4 Å². The number of hydrogen-bond acceptors (Lipinski definition) is 3. The summed E-state index contributed by atoms with van der Waals surface area (Å²) in [6, 6.07) is 26.1. The lowest BCUT2D eigenvalue weighted by Gasteiger charge is -2.31. The van der Waals surface area contributed by atoms with Gasteiger partial charge < -0.3 is 4.90 Å². The highest BCUT2D eigenvalue weighted by Crippen LogP contribution is 2.52. The van der Waals surface area contributed by atoms with Crippen LogP contribution in [0.25, 0.3) is 6.08 Å². The highest BCUT2D eigenvalue weighted by Gasteiger charge is 2.63. The van der Waals surface area contributed by atoms with E-state index in [1.54, 1.807) is 4.90 Å². The average molecular weight is 437 g/mol. The normalized spacial score (nSPS) is 21.9. The first-order valence-electron chi connectivity index (χ1n) is 11.0. The van der Waals surface area contributed by atoms with Gasteiger partial charge in [0, 0.05) is 19.0 Å². The molecule has 0 bridgehead atoms. The quantitative estimate of drug-likeness (QED) is 0.572. The van der Waals surface area contributed by atoms with E-state index in [1.165, 1.54) is 11.8 Å². The molecule has 0 N–H and O–H groups in total. The topological polar surface area (TPSA) is 57.7 Å². The van der Waals surface area contributed by atoms with Gasteiger partial charge in [-0.3, -0.25) is 19.3 Å². The number of anilines is 1. The number of carbonyl (C=O) groups excluding carboxylic acids is 3. The van der Waals surface area contributed by atoms with Crippen LogP contribution in [0.1, 0.15) is 30.0 Å². The van der Waals surface area contributed by atoms with E-state index < -0.39 is 11.5 Å². The van der Waals surface area contributed by atoms with Crippen LogP contribution in [0, 0.1) is 0 Å². The van der Waals surface area contributed by atoms with Crippen molar-refractivity contribution in [3.63, 3.8) is 0 Å². The maximum absolute atomic E-state index is 14.0. The Morgan fingerprint density at radius 2 is 1.58 bits per heavy atom. The molecule has 3 amide bonds. The van der Waals surface area contributed by atoms with Crippen LogP contribution >= 0.6 is 0 Å². The SMILES string of the molecule is CC(=O)N1c2ccccc2[C@@]2(CC(=O)N(Cc3ccccc3)C2=O)[C@H]1/C=C/c1ccccc1. The van der Waals surface area contributed by atoms with Gasteiger partial charge in [-0.15, -0.1) is 0 Å². The van der Waals surface area contributed by atoms with Crippen molar-refractivity contribution in [2.75, 3.05) is 4.90 Å². The van der Waals surface area contributed by atoms with Gasteiger partial charge in [0.15, 0.2) is 0 Å². The molecule has 2 atom stereocenters. The summed E-state index contributed by atoms with van der Waals surface area (Å²) in [6.07, 6.45) is 3.85. The number of nitrogens with zero attached hydrogens (tertiary/aromatic N) is 2. The Balaban J connectivity index is 1.62. The van der Waals surface area contributed by atoms with E-state index >= 15 is 0 Å². The molecule has 0 unspecified atom stereocenters. The first-order valence-corrected chi connectivity index (χ1v) is 11.0. The van der Waals surface area contributed by atoms with Crippen LogP contribution in [0.15, 0.2) is 91.0 Å². The number of likely N-dealkylation sites (tertiary alicyclic amines) is 1. The largest absolute Gasteiger partial charge is 0.304 e. The minimum atomic E-state index is -1.14. The Labute approximate surface area is 192 Å². The molecule has 3 aromatic carbocycles. The minimum Gasteiger partial charge on any atom is -0.304 e. The molecule has 0 aromatic heterocycles. The lowest BCUT2D eigenvalue weighted by atomic mass is 9.74. The monoisotopic (exact) mass is 436 g/mol. The number of rotatable bonds is 4. The zero-order valence-electron chi connectivity index (χ0n) is 18.3. The van der Waals surface area contributed by atoms with E-state index in [4.69, 9.17) is 0 Å².